The van der Waals surface area contributed by atoms with Crippen molar-refractivity contribution in [1.82, 2.24) is 9.80 Å². The van der Waals surface area contributed by atoms with Crippen molar-refractivity contribution < 1.29 is 4.79 Å². The van der Waals surface area contributed by atoms with Gasteiger partial charge < -0.3 is 5.32 Å². The minimum Gasteiger partial charge on any atom is -0.325 e. The SMILES string of the molecule is Cc1ccc(NC(=O)CN2CCN(Cc3ccccc3C)CC2)c(C)c1. The molecule has 4 heteroatoms. The van der Waals surface area contributed by atoms with Crippen molar-refractivity contribution in [3.05, 3.63) is 64.7 Å². The molecule has 26 heavy (non-hydrogen) atoms. The molecule has 0 spiro atoms. The zero-order valence-corrected chi connectivity index (χ0v) is 16.1. The number of nitrogens with zero attached hydrogens (tertiary/aromatic N) is 2. The molecule has 1 amide bonds. The van der Waals surface area contributed by atoms with Gasteiger partial charge in [0.05, 0.1) is 6.54 Å². The molecular formula is C22H29N3O. The second-order valence-corrected chi connectivity index (χ2v) is 7.35. The Morgan fingerprint density at radius 2 is 1.62 bits per heavy atom. The zero-order valence-electron chi connectivity index (χ0n) is 16.1. The predicted molar refractivity (Wildman–Crippen MR) is 107 cm³/mol. The van der Waals surface area contributed by atoms with E-state index in [1.54, 1.807) is 0 Å². The summed E-state index contributed by atoms with van der Waals surface area (Å²) in [5.74, 6) is 0.0734. The van der Waals surface area contributed by atoms with Gasteiger partial charge in [0.25, 0.3) is 0 Å². The van der Waals surface area contributed by atoms with Gasteiger partial charge in [-0.3, -0.25) is 14.6 Å². The van der Waals surface area contributed by atoms with Crippen molar-refractivity contribution in [1.29, 1.82) is 0 Å². The fraction of sp³-hybridized carbons (Fsp3) is 0.409. The van der Waals surface area contributed by atoms with Crippen LogP contribution < -0.4 is 5.32 Å². The van der Waals surface area contributed by atoms with Crippen LogP contribution in [0.25, 0.3) is 0 Å². The van der Waals surface area contributed by atoms with E-state index in [1.165, 1.54) is 16.7 Å². The molecule has 2 aromatic carbocycles. The van der Waals surface area contributed by atoms with E-state index < -0.39 is 0 Å². The van der Waals surface area contributed by atoms with E-state index in [9.17, 15) is 4.79 Å². The van der Waals surface area contributed by atoms with Crippen molar-refractivity contribution in [2.75, 3.05) is 38.0 Å². The third-order valence-electron chi connectivity index (χ3n) is 5.14. The Morgan fingerprint density at radius 1 is 0.923 bits per heavy atom. The molecule has 1 N–H and O–H groups in total. The summed E-state index contributed by atoms with van der Waals surface area (Å²) >= 11 is 0. The van der Waals surface area contributed by atoms with Gasteiger partial charge in [0.2, 0.25) is 5.91 Å². The Balaban J connectivity index is 1.46. The molecule has 4 nitrogen and oxygen atoms in total. The van der Waals surface area contributed by atoms with Crippen LogP contribution in [0.3, 0.4) is 0 Å². The minimum atomic E-state index is 0.0734. The van der Waals surface area contributed by atoms with Gasteiger partial charge in [0, 0.05) is 38.4 Å². The number of carbonyl (C=O) groups is 1. The monoisotopic (exact) mass is 351 g/mol. The molecule has 1 heterocycles. The molecule has 0 aromatic heterocycles. The summed E-state index contributed by atoms with van der Waals surface area (Å²) < 4.78 is 0. The fourth-order valence-electron chi connectivity index (χ4n) is 3.48. The Labute approximate surface area is 156 Å². The average Bonchev–Trinajstić information content (AvgIpc) is 2.61. The van der Waals surface area contributed by atoms with Crippen LogP contribution >= 0.6 is 0 Å². The first-order valence-corrected chi connectivity index (χ1v) is 9.37. The summed E-state index contributed by atoms with van der Waals surface area (Å²) in [6.07, 6.45) is 0. The van der Waals surface area contributed by atoms with E-state index in [0.29, 0.717) is 6.54 Å². The number of hydrogen-bond acceptors (Lipinski definition) is 3. The Kier molecular flexibility index (Phi) is 6.07. The first-order valence-electron chi connectivity index (χ1n) is 9.37. The molecule has 0 radical (unpaired) electrons. The van der Waals surface area contributed by atoms with E-state index in [4.69, 9.17) is 0 Å². The summed E-state index contributed by atoms with van der Waals surface area (Å²) in [5, 5.41) is 3.05. The first-order chi connectivity index (χ1) is 12.5. The van der Waals surface area contributed by atoms with E-state index >= 15 is 0 Å². The van der Waals surface area contributed by atoms with Gasteiger partial charge in [-0.15, -0.1) is 0 Å². The number of nitrogens with one attached hydrogen (secondary N) is 1. The van der Waals surface area contributed by atoms with Gasteiger partial charge in [0.15, 0.2) is 0 Å². The molecule has 1 fully saturated rings. The third-order valence-corrected chi connectivity index (χ3v) is 5.14. The van der Waals surface area contributed by atoms with Gasteiger partial charge in [-0.2, -0.15) is 0 Å². The van der Waals surface area contributed by atoms with Gasteiger partial charge >= 0.3 is 0 Å². The number of rotatable bonds is 5. The van der Waals surface area contributed by atoms with Crippen molar-refractivity contribution >= 4 is 11.6 Å². The maximum Gasteiger partial charge on any atom is 0.238 e. The summed E-state index contributed by atoms with van der Waals surface area (Å²) in [7, 11) is 0. The molecule has 0 aliphatic carbocycles. The summed E-state index contributed by atoms with van der Waals surface area (Å²) in [5.41, 5.74) is 5.99. The quantitative estimate of drug-likeness (QED) is 0.897. The molecule has 0 atom stereocenters. The molecule has 1 aliphatic heterocycles. The van der Waals surface area contributed by atoms with E-state index in [-0.39, 0.29) is 5.91 Å². The smallest absolute Gasteiger partial charge is 0.238 e. The molecule has 0 saturated carbocycles. The molecular weight excluding hydrogens is 322 g/mol. The van der Waals surface area contributed by atoms with Crippen LogP contribution in [0.2, 0.25) is 0 Å². The highest BCUT2D eigenvalue weighted by Gasteiger charge is 2.19. The lowest BCUT2D eigenvalue weighted by Crippen LogP contribution is -2.48. The molecule has 1 saturated heterocycles. The minimum absolute atomic E-state index is 0.0734. The second kappa shape index (κ2) is 8.47. The lowest BCUT2D eigenvalue weighted by Gasteiger charge is -2.34. The number of hydrogen-bond donors (Lipinski definition) is 1. The number of benzene rings is 2. The Bertz CT molecular complexity index is 764. The average molecular weight is 351 g/mol. The lowest BCUT2D eigenvalue weighted by molar-refractivity contribution is -0.117. The number of carbonyl (C=O) groups excluding carboxylic acids is 1. The van der Waals surface area contributed by atoms with Crippen molar-refractivity contribution in [2.45, 2.75) is 27.3 Å². The van der Waals surface area contributed by atoms with Crippen molar-refractivity contribution in [3.63, 3.8) is 0 Å². The van der Waals surface area contributed by atoms with Gasteiger partial charge in [-0.25, -0.2) is 0 Å². The van der Waals surface area contributed by atoms with Crippen LogP contribution in [0.4, 0.5) is 5.69 Å². The van der Waals surface area contributed by atoms with Crippen LogP contribution in [-0.4, -0.2) is 48.4 Å². The van der Waals surface area contributed by atoms with Crippen LogP contribution in [0.15, 0.2) is 42.5 Å². The van der Waals surface area contributed by atoms with Crippen LogP contribution in [-0.2, 0) is 11.3 Å². The van der Waals surface area contributed by atoms with Gasteiger partial charge in [-0.05, 0) is 43.5 Å². The first kappa shape index (κ1) is 18.6. The molecule has 0 unspecified atom stereocenters. The number of piperazine rings is 1. The fourth-order valence-corrected chi connectivity index (χ4v) is 3.48. The maximum absolute atomic E-state index is 12.4. The Morgan fingerprint density at radius 3 is 2.31 bits per heavy atom. The highest BCUT2D eigenvalue weighted by atomic mass is 16.2. The van der Waals surface area contributed by atoms with Crippen LogP contribution in [0.5, 0.6) is 0 Å². The van der Waals surface area contributed by atoms with E-state index in [2.05, 4.69) is 59.3 Å². The number of aryl methyl sites for hydroxylation is 3. The van der Waals surface area contributed by atoms with Crippen molar-refractivity contribution in [3.8, 4) is 0 Å². The lowest BCUT2D eigenvalue weighted by atomic mass is 10.1. The molecule has 0 bridgehead atoms. The van der Waals surface area contributed by atoms with Crippen LogP contribution in [0, 0.1) is 20.8 Å². The third kappa shape index (κ3) is 4.93. The van der Waals surface area contributed by atoms with E-state index in [0.717, 1.165) is 44.0 Å². The van der Waals surface area contributed by atoms with Gasteiger partial charge in [-0.1, -0.05) is 42.0 Å². The standard InChI is InChI=1S/C22H29N3O/c1-17-8-9-21(19(3)14-17)23-22(26)16-25-12-10-24(11-13-25)15-20-7-5-4-6-18(20)2/h4-9,14H,10-13,15-16H2,1-3H3,(H,23,26). The maximum atomic E-state index is 12.4. The summed E-state index contributed by atoms with van der Waals surface area (Å²) in [6, 6.07) is 14.7. The van der Waals surface area contributed by atoms with Crippen molar-refractivity contribution in [2.24, 2.45) is 0 Å². The normalized spacial score (nSPS) is 15.8. The van der Waals surface area contributed by atoms with Crippen LogP contribution in [0.1, 0.15) is 22.3 Å². The van der Waals surface area contributed by atoms with Gasteiger partial charge in [0.1, 0.15) is 0 Å². The molecule has 3 rings (SSSR count). The number of amides is 1. The zero-order chi connectivity index (χ0) is 18.5. The topological polar surface area (TPSA) is 35.6 Å². The molecule has 1 aliphatic rings. The second-order valence-electron chi connectivity index (χ2n) is 7.35. The van der Waals surface area contributed by atoms with E-state index in [1.807, 2.05) is 19.1 Å². The summed E-state index contributed by atoms with van der Waals surface area (Å²) in [4.78, 5) is 17.1. The molecule has 138 valence electrons. The predicted octanol–water partition coefficient (Wildman–Crippen LogP) is 3.37. The molecule has 2 aromatic rings. The number of anilines is 1. The highest BCUT2D eigenvalue weighted by Crippen LogP contribution is 2.16. The largest absolute Gasteiger partial charge is 0.325 e. The Hall–Kier alpha value is -2.17. The summed E-state index contributed by atoms with van der Waals surface area (Å²) in [6.45, 7) is 11.6. The highest BCUT2D eigenvalue weighted by molar-refractivity contribution is 5.93.